The molecule has 0 saturated heterocycles. The Morgan fingerprint density at radius 1 is 0.800 bits per heavy atom. The average molecular weight is 204 g/mol. The van der Waals surface area contributed by atoms with Gasteiger partial charge in [-0.3, -0.25) is 0 Å². The zero-order chi connectivity index (χ0) is 10.2. The molecule has 5 aliphatic rings. The van der Waals surface area contributed by atoms with Gasteiger partial charge in [0.15, 0.2) is 0 Å². The topological polar surface area (TPSA) is 0 Å². The molecule has 0 amide bonds. The molecule has 84 valence electrons. The van der Waals surface area contributed by atoms with Gasteiger partial charge in [0.1, 0.15) is 0 Å². The Balaban J connectivity index is 1.74. The minimum Gasteiger partial charge on any atom is -0.0596 e. The molecular formula is C15H24. The van der Waals surface area contributed by atoms with Gasteiger partial charge in [-0.2, -0.15) is 0 Å². The lowest BCUT2D eigenvalue weighted by Gasteiger charge is -2.54. The van der Waals surface area contributed by atoms with Crippen molar-refractivity contribution in [3.63, 3.8) is 0 Å². The van der Waals surface area contributed by atoms with E-state index in [0.717, 1.165) is 23.7 Å². The average Bonchev–Trinajstić information content (AvgIpc) is 2.74. The zero-order valence-corrected chi connectivity index (χ0v) is 10.2. The minimum atomic E-state index is 0.698. The molecule has 0 aromatic rings. The molecule has 5 rings (SSSR count). The monoisotopic (exact) mass is 204 g/mol. The number of hydrogen-bond donors (Lipinski definition) is 0. The lowest BCUT2D eigenvalue weighted by molar-refractivity contribution is -0.0507. The first-order valence-corrected chi connectivity index (χ1v) is 7.17. The number of rotatable bonds is 0. The summed E-state index contributed by atoms with van der Waals surface area (Å²) in [7, 11) is 0. The van der Waals surface area contributed by atoms with Crippen LogP contribution in [0, 0.1) is 40.9 Å². The number of hydrogen-bond acceptors (Lipinski definition) is 0. The summed E-state index contributed by atoms with van der Waals surface area (Å²) in [5, 5.41) is 0. The Bertz CT molecular complexity index is 280. The Hall–Kier alpha value is 0. The summed E-state index contributed by atoms with van der Waals surface area (Å²) in [5.41, 5.74) is 0.698. The van der Waals surface area contributed by atoms with E-state index in [9.17, 15) is 0 Å². The summed E-state index contributed by atoms with van der Waals surface area (Å²) in [4.78, 5) is 0. The highest BCUT2D eigenvalue weighted by Gasteiger charge is 2.61. The summed E-state index contributed by atoms with van der Waals surface area (Å²) < 4.78 is 0. The standard InChI is InChI=1S/C15H24/c1-15(2)8-11-7-12(15)14-10-5-3-9(4-6-10)13(11)14/h9-14H,3-8H2,1-2H3. The third kappa shape index (κ3) is 0.996. The van der Waals surface area contributed by atoms with Crippen LogP contribution in [0.1, 0.15) is 52.4 Å². The molecule has 5 saturated carbocycles. The van der Waals surface area contributed by atoms with Crippen molar-refractivity contribution >= 4 is 0 Å². The fraction of sp³-hybridized carbons (Fsp3) is 1.00. The van der Waals surface area contributed by atoms with Crippen LogP contribution in [-0.2, 0) is 0 Å². The maximum absolute atomic E-state index is 2.55. The summed E-state index contributed by atoms with van der Waals surface area (Å²) in [6.07, 6.45) is 9.53. The van der Waals surface area contributed by atoms with Crippen LogP contribution in [0.2, 0.25) is 0 Å². The third-order valence-electron chi connectivity index (χ3n) is 6.71. The third-order valence-corrected chi connectivity index (χ3v) is 6.71. The van der Waals surface area contributed by atoms with Crippen molar-refractivity contribution in [2.24, 2.45) is 40.9 Å². The Morgan fingerprint density at radius 3 is 2.07 bits per heavy atom. The van der Waals surface area contributed by atoms with Crippen LogP contribution in [0.15, 0.2) is 0 Å². The second kappa shape index (κ2) is 2.63. The van der Waals surface area contributed by atoms with E-state index in [2.05, 4.69) is 13.8 Å². The van der Waals surface area contributed by atoms with E-state index < -0.39 is 0 Å². The van der Waals surface area contributed by atoms with Gasteiger partial charge >= 0.3 is 0 Å². The van der Waals surface area contributed by atoms with Gasteiger partial charge < -0.3 is 0 Å². The van der Waals surface area contributed by atoms with Crippen LogP contribution in [0.5, 0.6) is 0 Å². The lowest BCUT2D eigenvalue weighted by Crippen LogP contribution is -2.47. The van der Waals surface area contributed by atoms with E-state index in [1.807, 2.05) is 0 Å². The summed E-state index contributed by atoms with van der Waals surface area (Å²) >= 11 is 0. The van der Waals surface area contributed by atoms with Crippen LogP contribution < -0.4 is 0 Å². The molecule has 4 bridgehead atoms. The first-order chi connectivity index (χ1) is 7.17. The molecule has 0 heteroatoms. The predicted octanol–water partition coefficient (Wildman–Crippen LogP) is 4.10. The molecule has 0 aliphatic heterocycles. The van der Waals surface area contributed by atoms with Crippen molar-refractivity contribution in [1.29, 1.82) is 0 Å². The Morgan fingerprint density at radius 2 is 1.40 bits per heavy atom. The highest BCUT2D eigenvalue weighted by Crippen LogP contribution is 2.69. The highest BCUT2D eigenvalue weighted by molar-refractivity contribution is 5.10. The van der Waals surface area contributed by atoms with Crippen LogP contribution in [-0.4, -0.2) is 0 Å². The molecule has 0 spiro atoms. The second-order valence-corrected chi connectivity index (χ2v) is 7.62. The number of fused-ring (bicyclic) bond motifs is 4. The minimum absolute atomic E-state index is 0.698. The molecule has 0 radical (unpaired) electrons. The molecule has 0 heterocycles. The van der Waals surface area contributed by atoms with Gasteiger partial charge in [-0.1, -0.05) is 13.8 Å². The fourth-order valence-electron chi connectivity index (χ4n) is 6.37. The lowest BCUT2D eigenvalue weighted by atomic mass is 9.51. The molecule has 15 heavy (non-hydrogen) atoms. The summed E-state index contributed by atoms with van der Waals surface area (Å²) in [6.45, 7) is 5.10. The van der Waals surface area contributed by atoms with Crippen LogP contribution in [0.25, 0.3) is 0 Å². The quantitative estimate of drug-likeness (QED) is 0.557. The van der Waals surface area contributed by atoms with E-state index in [0.29, 0.717) is 5.41 Å². The van der Waals surface area contributed by atoms with Crippen molar-refractivity contribution in [3.8, 4) is 0 Å². The van der Waals surface area contributed by atoms with E-state index in [-0.39, 0.29) is 0 Å². The van der Waals surface area contributed by atoms with E-state index >= 15 is 0 Å². The Kier molecular flexibility index (Phi) is 1.59. The fourth-order valence-corrected chi connectivity index (χ4v) is 6.37. The molecule has 4 atom stereocenters. The molecule has 0 aromatic heterocycles. The maximum atomic E-state index is 2.55. The molecule has 4 unspecified atom stereocenters. The zero-order valence-electron chi connectivity index (χ0n) is 10.2. The normalized spacial score (nSPS) is 59.6. The van der Waals surface area contributed by atoms with Crippen LogP contribution >= 0.6 is 0 Å². The van der Waals surface area contributed by atoms with E-state index in [4.69, 9.17) is 0 Å². The van der Waals surface area contributed by atoms with Gasteiger partial charge in [-0.05, 0) is 79.4 Å². The summed E-state index contributed by atoms with van der Waals surface area (Å²) in [6, 6.07) is 0. The van der Waals surface area contributed by atoms with Crippen molar-refractivity contribution in [1.82, 2.24) is 0 Å². The van der Waals surface area contributed by atoms with E-state index in [1.165, 1.54) is 11.8 Å². The van der Waals surface area contributed by atoms with Gasteiger partial charge in [0.25, 0.3) is 0 Å². The predicted molar refractivity (Wildman–Crippen MR) is 62.4 cm³/mol. The SMILES string of the molecule is CC1(C)CC2CC1C1C3CCC(CC3)C21. The van der Waals surface area contributed by atoms with Crippen molar-refractivity contribution in [3.05, 3.63) is 0 Å². The molecule has 5 aliphatic carbocycles. The first kappa shape index (κ1) is 9.07. The van der Waals surface area contributed by atoms with Crippen LogP contribution in [0.3, 0.4) is 0 Å². The Labute approximate surface area is 93.8 Å². The van der Waals surface area contributed by atoms with Crippen LogP contribution in [0.4, 0.5) is 0 Å². The molecule has 0 nitrogen and oxygen atoms in total. The van der Waals surface area contributed by atoms with Gasteiger partial charge in [0.05, 0.1) is 0 Å². The second-order valence-electron chi connectivity index (χ2n) is 7.62. The summed E-state index contributed by atoms with van der Waals surface area (Å²) in [5.74, 6) is 6.92. The molecular weight excluding hydrogens is 180 g/mol. The van der Waals surface area contributed by atoms with Gasteiger partial charge in [0, 0.05) is 0 Å². The molecule has 0 aromatic carbocycles. The van der Waals surface area contributed by atoms with E-state index in [1.54, 1.807) is 38.5 Å². The molecule has 0 N–H and O–H groups in total. The highest BCUT2D eigenvalue weighted by atomic mass is 14.7. The first-order valence-electron chi connectivity index (χ1n) is 7.17. The van der Waals surface area contributed by atoms with Crippen molar-refractivity contribution in [2.45, 2.75) is 52.4 Å². The largest absolute Gasteiger partial charge is 0.0596 e. The van der Waals surface area contributed by atoms with Gasteiger partial charge in [0.2, 0.25) is 0 Å². The maximum Gasteiger partial charge on any atom is -0.0319 e. The smallest absolute Gasteiger partial charge is 0.0319 e. The van der Waals surface area contributed by atoms with Gasteiger partial charge in [-0.15, -0.1) is 0 Å². The molecule has 5 fully saturated rings. The van der Waals surface area contributed by atoms with Crippen molar-refractivity contribution in [2.75, 3.05) is 0 Å². The van der Waals surface area contributed by atoms with Crippen molar-refractivity contribution < 1.29 is 0 Å². The van der Waals surface area contributed by atoms with Gasteiger partial charge in [-0.25, -0.2) is 0 Å².